The van der Waals surface area contributed by atoms with Crippen molar-refractivity contribution in [3.8, 4) is 17.1 Å². The van der Waals surface area contributed by atoms with Crippen LogP contribution in [0.25, 0.3) is 11.3 Å². The second kappa shape index (κ2) is 8.08. The third kappa shape index (κ3) is 3.76. The van der Waals surface area contributed by atoms with Crippen LogP contribution >= 0.6 is 23.2 Å². The lowest BCUT2D eigenvalue weighted by Crippen LogP contribution is -2.24. The number of methoxy groups -OCH3 is 1. The van der Waals surface area contributed by atoms with E-state index in [1.54, 1.807) is 39.7 Å². The van der Waals surface area contributed by atoms with Crippen molar-refractivity contribution in [3.05, 3.63) is 68.1 Å². The van der Waals surface area contributed by atoms with Crippen LogP contribution in [0.15, 0.2) is 41.3 Å². The van der Waals surface area contributed by atoms with E-state index in [2.05, 4.69) is 5.10 Å². The van der Waals surface area contributed by atoms with Crippen LogP contribution in [0.4, 0.5) is 0 Å². The average molecular weight is 422 g/mol. The number of aromatic nitrogens is 3. The van der Waals surface area contributed by atoms with Crippen LogP contribution in [0.5, 0.6) is 5.88 Å². The number of rotatable bonds is 6. The first-order valence-electron chi connectivity index (χ1n) is 8.38. The maximum Gasteiger partial charge on any atom is 0.341 e. The van der Waals surface area contributed by atoms with Gasteiger partial charge in [0.2, 0.25) is 5.88 Å². The molecule has 2 heterocycles. The van der Waals surface area contributed by atoms with Crippen molar-refractivity contribution in [2.75, 3.05) is 7.11 Å². The van der Waals surface area contributed by atoms with E-state index in [0.717, 1.165) is 0 Å². The van der Waals surface area contributed by atoms with Crippen LogP contribution in [-0.2, 0) is 13.1 Å². The summed E-state index contributed by atoms with van der Waals surface area (Å²) in [6.07, 6.45) is 1.72. The van der Waals surface area contributed by atoms with E-state index in [4.69, 9.17) is 27.9 Å². The van der Waals surface area contributed by atoms with Gasteiger partial charge in [0.15, 0.2) is 5.43 Å². The Kier molecular flexibility index (Phi) is 5.76. The minimum atomic E-state index is -1.31. The topological polar surface area (TPSA) is 86.4 Å². The maximum atomic E-state index is 12.6. The summed E-state index contributed by atoms with van der Waals surface area (Å²) in [7, 11) is 1.51. The van der Waals surface area contributed by atoms with E-state index in [0.29, 0.717) is 28.7 Å². The fourth-order valence-corrected chi connectivity index (χ4v) is 3.34. The monoisotopic (exact) mass is 421 g/mol. The van der Waals surface area contributed by atoms with Gasteiger partial charge >= 0.3 is 5.97 Å². The molecule has 0 fully saturated rings. The van der Waals surface area contributed by atoms with Crippen LogP contribution in [0.1, 0.15) is 23.0 Å². The third-order valence-electron chi connectivity index (χ3n) is 4.27. The van der Waals surface area contributed by atoms with E-state index in [-0.39, 0.29) is 22.8 Å². The smallest absolute Gasteiger partial charge is 0.341 e. The fourth-order valence-electron chi connectivity index (χ4n) is 3.05. The highest BCUT2D eigenvalue weighted by Gasteiger charge is 2.22. The molecule has 3 aromatic rings. The standard InChI is InChI=1S/C19H17Cl2N3O4/c1-3-24-12(10-23-7-6-16(22-23)28-2)9-15(25)17(19(26)27)18(24)11-4-5-13(20)14(21)8-11/h4-9H,3,10H2,1-2H3,(H,26,27). The summed E-state index contributed by atoms with van der Waals surface area (Å²) >= 11 is 12.1. The second-order valence-electron chi connectivity index (χ2n) is 5.96. The van der Waals surface area contributed by atoms with Crippen molar-refractivity contribution in [3.63, 3.8) is 0 Å². The van der Waals surface area contributed by atoms with Gasteiger partial charge in [0.1, 0.15) is 5.56 Å². The Labute approximate surface area is 170 Å². The zero-order valence-electron chi connectivity index (χ0n) is 15.1. The summed E-state index contributed by atoms with van der Waals surface area (Å²) in [6.45, 7) is 2.56. The molecule has 9 heteroatoms. The third-order valence-corrected chi connectivity index (χ3v) is 5.01. The van der Waals surface area contributed by atoms with Crippen molar-refractivity contribution in [2.45, 2.75) is 20.0 Å². The largest absolute Gasteiger partial charge is 0.480 e. The number of aromatic carboxylic acids is 1. The summed E-state index contributed by atoms with van der Waals surface area (Å²) in [6, 6.07) is 7.78. The van der Waals surface area contributed by atoms with Gasteiger partial charge in [-0.1, -0.05) is 29.3 Å². The second-order valence-corrected chi connectivity index (χ2v) is 6.77. The van der Waals surface area contributed by atoms with Crippen molar-refractivity contribution in [2.24, 2.45) is 0 Å². The highest BCUT2D eigenvalue weighted by molar-refractivity contribution is 6.42. The molecule has 0 spiro atoms. The number of ether oxygens (including phenoxy) is 1. The van der Waals surface area contributed by atoms with Gasteiger partial charge in [-0.25, -0.2) is 4.79 Å². The molecule has 1 aromatic carbocycles. The first-order chi connectivity index (χ1) is 13.3. The molecule has 0 saturated heterocycles. The Hall–Kier alpha value is -2.77. The highest BCUT2D eigenvalue weighted by Crippen LogP contribution is 2.30. The van der Waals surface area contributed by atoms with Gasteiger partial charge in [0.05, 0.1) is 29.4 Å². The molecule has 0 aliphatic heterocycles. The summed E-state index contributed by atoms with van der Waals surface area (Å²) in [5.74, 6) is -0.863. The summed E-state index contributed by atoms with van der Waals surface area (Å²) in [5, 5.41) is 14.5. The predicted molar refractivity (Wildman–Crippen MR) is 107 cm³/mol. The molecular weight excluding hydrogens is 405 g/mol. The van der Waals surface area contributed by atoms with E-state index in [1.165, 1.54) is 13.2 Å². The lowest BCUT2D eigenvalue weighted by atomic mass is 10.0. The van der Waals surface area contributed by atoms with Gasteiger partial charge in [0.25, 0.3) is 0 Å². The zero-order chi connectivity index (χ0) is 20.4. The number of nitrogens with zero attached hydrogens (tertiary/aromatic N) is 3. The van der Waals surface area contributed by atoms with Crippen molar-refractivity contribution < 1.29 is 14.6 Å². The molecule has 0 bridgehead atoms. The lowest BCUT2D eigenvalue weighted by molar-refractivity contribution is 0.0695. The number of carbonyl (C=O) groups is 1. The van der Waals surface area contributed by atoms with E-state index in [9.17, 15) is 14.7 Å². The molecule has 146 valence electrons. The maximum absolute atomic E-state index is 12.6. The molecule has 28 heavy (non-hydrogen) atoms. The predicted octanol–water partition coefficient (Wildman–Crippen LogP) is 3.79. The van der Waals surface area contributed by atoms with Crippen molar-refractivity contribution in [1.82, 2.24) is 14.3 Å². The fraction of sp³-hybridized carbons (Fsp3) is 0.211. The number of halogens is 2. The van der Waals surface area contributed by atoms with Gasteiger partial charge in [-0.05, 0) is 19.1 Å². The zero-order valence-corrected chi connectivity index (χ0v) is 16.7. The summed E-state index contributed by atoms with van der Waals surface area (Å²) in [4.78, 5) is 24.5. The quantitative estimate of drug-likeness (QED) is 0.653. The average Bonchev–Trinajstić information content (AvgIpc) is 3.10. The molecule has 0 atom stereocenters. The summed E-state index contributed by atoms with van der Waals surface area (Å²) in [5.41, 5.74) is 0.458. The molecule has 0 unspecified atom stereocenters. The first-order valence-corrected chi connectivity index (χ1v) is 9.14. The molecule has 0 amide bonds. The van der Waals surface area contributed by atoms with Crippen LogP contribution in [0, 0.1) is 0 Å². The van der Waals surface area contributed by atoms with Gasteiger partial charge in [-0.15, -0.1) is 5.10 Å². The van der Waals surface area contributed by atoms with Crippen LogP contribution in [-0.4, -0.2) is 32.5 Å². The van der Waals surface area contributed by atoms with Gasteiger partial charge in [0, 0.05) is 36.1 Å². The Balaban J connectivity index is 2.25. The first kappa shape index (κ1) is 20.0. The van der Waals surface area contributed by atoms with Crippen LogP contribution in [0.3, 0.4) is 0 Å². The minimum Gasteiger partial charge on any atom is -0.480 e. The number of carboxylic acid groups (broad SMARTS) is 1. The van der Waals surface area contributed by atoms with E-state index >= 15 is 0 Å². The van der Waals surface area contributed by atoms with Crippen LogP contribution in [0.2, 0.25) is 10.0 Å². The molecule has 0 aliphatic rings. The highest BCUT2D eigenvalue weighted by atomic mass is 35.5. The van der Waals surface area contributed by atoms with Gasteiger partial charge in [-0.3, -0.25) is 9.48 Å². The van der Waals surface area contributed by atoms with E-state index in [1.807, 2.05) is 6.92 Å². The molecule has 1 N–H and O–H groups in total. The molecule has 0 saturated carbocycles. The number of pyridine rings is 1. The number of hydrogen-bond donors (Lipinski definition) is 1. The van der Waals surface area contributed by atoms with Crippen molar-refractivity contribution >= 4 is 29.2 Å². The number of carboxylic acids is 1. The molecular formula is C19H17Cl2N3O4. The molecule has 0 radical (unpaired) electrons. The van der Waals surface area contributed by atoms with Crippen molar-refractivity contribution in [1.29, 1.82) is 0 Å². The number of benzene rings is 1. The number of hydrogen-bond acceptors (Lipinski definition) is 4. The Morgan fingerprint density at radius 3 is 2.54 bits per heavy atom. The minimum absolute atomic E-state index is 0.265. The van der Waals surface area contributed by atoms with Gasteiger partial charge < -0.3 is 14.4 Å². The SMILES string of the molecule is CCn1c(Cn2ccc(OC)n2)cc(=O)c(C(=O)O)c1-c1ccc(Cl)c(Cl)c1. The molecule has 2 aromatic heterocycles. The van der Waals surface area contributed by atoms with E-state index < -0.39 is 11.4 Å². The van der Waals surface area contributed by atoms with Crippen LogP contribution < -0.4 is 10.2 Å². The molecule has 0 aliphatic carbocycles. The molecule has 7 nitrogen and oxygen atoms in total. The Morgan fingerprint density at radius 1 is 1.21 bits per heavy atom. The Bertz CT molecular complexity index is 1110. The lowest BCUT2D eigenvalue weighted by Gasteiger charge is -2.20. The Morgan fingerprint density at radius 2 is 1.96 bits per heavy atom. The normalized spacial score (nSPS) is 10.9. The summed E-state index contributed by atoms with van der Waals surface area (Å²) < 4.78 is 8.45. The van der Waals surface area contributed by atoms with Gasteiger partial charge in [-0.2, -0.15) is 0 Å². The molecule has 3 rings (SSSR count).